The molecule has 2 aliphatic rings. The standard InChI is InChI=1S/C23H23N3O6/c27-21(24-16-5-6-19-20(13-16)30-12-11-29-19)14-31-22(28)15-7-9-26(10-8-15)23-25-17-3-1-2-4-18(17)32-23/h1-6,13,15H,7-12,14H2,(H,24,27). The fourth-order valence-corrected chi connectivity index (χ4v) is 3.87. The van der Waals surface area contributed by atoms with E-state index in [0.717, 1.165) is 11.1 Å². The molecule has 1 aromatic heterocycles. The second-order valence-electron chi connectivity index (χ2n) is 7.74. The number of hydrogen-bond acceptors (Lipinski definition) is 8. The minimum atomic E-state index is -0.404. The molecule has 3 heterocycles. The lowest BCUT2D eigenvalue weighted by Crippen LogP contribution is -2.37. The molecule has 0 spiro atoms. The van der Waals surface area contributed by atoms with E-state index in [2.05, 4.69) is 10.3 Å². The van der Waals surface area contributed by atoms with Gasteiger partial charge in [0, 0.05) is 24.8 Å². The summed E-state index contributed by atoms with van der Waals surface area (Å²) in [4.78, 5) is 31.2. The predicted molar refractivity (Wildman–Crippen MR) is 116 cm³/mol. The Hall–Kier alpha value is -3.75. The molecule has 0 atom stereocenters. The number of ether oxygens (including phenoxy) is 3. The molecule has 0 unspecified atom stereocenters. The number of fused-ring (bicyclic) bond motifs is 2. The van der Waals surface area contributed by atoms with Crippen molar-refractivity contribution < 1.29 is 28.2 Å². The molecule has 0 aliphatic carbocycles. The highest BCUT2D eigenvalue weighted by molar-refractivity contribution is 5.93. The highest BCUT2D eigenvalue weighted by Gasteiger charge is 2.28. The Labute approximate surface area is 184 Å². The van der Waals surface area contributed by atoms with Crippen molar-refractivity contribution in [3.05, 3.63) is 42.5 Å². The number of nitrogens with one attached hydrogen (secondary N) is 1. The molecule has 0 bridgehead atoms. The summed E-state index contributed by atoms with van der Waals surface area (Å²) in [5.41, 5.74) is 2.11. The molecule has 2 aliphatic heterocycles. The first kappa shape index (κ1) is 20.2. The van der Waals surface area contributed by atoms with Crippen LogP contribution in [-0.4, -0.2) is 49.8 Å². The lowest BCUT2D eigenvalue weighted by atomic mass is 9.97. The number of piperidine rings is 1. The van der Waals surface area contributed by atoms with Crippen LogP contribution < -0.4 is 19.7 Å². The number of para-hydroxylation sites is 2. The molecule has 9 heteroatoms. The highest BCUT2D eigenvalue weighted by atomic mass is 16.6. The van der Waals surface area contributed by atoms with Crippen molar-refractivity contribution >= 4 is 34.7 Å². The minimum Gasteiger partial charge on any atom is -0.486 e. The molecule has 0 saturated carbocycles. The van der Waals surface area contributed by atoms with Crippen LogP contribution in [0.4, 0.5) is 11.7 Å². The van der Waals surface area contributed by atoms with Gasteiger partial charge in [-0.2, -0.15) is 4.98 Å². The first-order valence-electron chi connectivity index (χ1n) is 10.6. The Morgan fingerprint density at radius 2 is 1.84 bits per heavy atom. The van der Waals surface area contributed by atoms with Gasteiger partial charge in [-0.15, -0.1) is 0 Å². The Balaban J connectivity index is 1.09. The highest BCUT2D eigenvalue weighted by Crippen LogP contribution is 2.32. The largest absolute Gasteiger partial charge is 0.486 e. The monoisotopic (exact) mass is 437 g/mol. The van der Waals surface area contributed by atoms with Crippen LogP contribution in [0.1, 0.15) is 12.8 Å². The quantitative estimate of drug-likeness (QED) is 0.608. The summed E-state index contributed by atoms with van der Waals surface area (Å²) in [6.45, 7) is 1.90. The lowest BCUT2D eigenvalue weighted by molar-refractivity contribution is -0.152. The topological polar surface area (TPSA) is 103 Å². The second kappa shape index (κ2) is 8.78. The molecule has 166 valence electrons. The van der Waals surface area contributed by atoms with Crippen molar-refractivity contribution in [2.45, 2.75) is 12.8 Å². The number of aromatic nitrogens is 1. The van der Waals surface area contributed by atoms with E-state index in [-0.39, 0.29) is 18.5 Å². The van der Waals surface area contributed by atoms with E-state index in [1.54, 1.807) is 18.2 Å². The molecule has 1 amide bonds. The molecule has 3 aromatic rings. The average molecular weight is 437 g/mol. The third-order valence-electron chi connectivity index (χ3n) is 5.55. The van der Waals surface area contributed by atoms with Crippen molar-refractivity contribution in [3.8, 4) is 11.5 Å². The molecular weight excluding hydrogens is 414 g/mol. The van der Waals surface area contributed by atoms with Crippen LogP contribution in [0.2, 0.25) is 0 Å². The number of rotatable bonds is 5. The van der Waals surface area contributed by atoms with E-state index in [4.69, 9.17) is 18.6 Å². The number of amides is 1. The smallest absolute Gasteiger partial charge is 0.309 e. The van der Waals surface area contributed by atoms with Gasteiger partial charge in [0.05, 0.1) is 5.92 Å². The summed E-state index contributed by atoms with van der Waals surface area (Å²) >= 11 is 0. The number of benzene rings is 2. The summed E-state index contributed by atoms with van der Waals surface area (Å²) in [5, 5.41) is 2.71. The van der Waals surface area contributed by atoms with Gasteiger partial charge < -0.3 is 28.8 Å². The van der Waals surface area contributed by atoms with Crippen molar-refractivity contribution in [2.24, 2.45) is 5.92 Å². The number of carbonyl (C=O) groups is 2. The maximum Gasteiger partial charge on any atom is 0.309 e. The van der Waals surface area contributed by atoms with Crippen LogP contribution in [-0.2, 0) is 14.3 Å². The lowest BCUT2D eigenvalue weighted by Gasteiger charge is -2.29. The van der Waals surface area contributed by atoms with Gasteiger partial charge in [0.15, 0.2) is 23.7 Å². The average Bonchev–Trinajstić information content (AvgIpc) is 3.27. The van der Waals surface area contributed by atoms with E-state index < -0.39 is 5.91 Å². The fourth-order valence-electron chi connectivity index (χ4n) is 3.87. The molecule has 9 nitrogen and oxygen atoms in total. The first-order chi connectivity index (χ1) is 15.7. The molecule has 32 heavy (non-hydrogen) atoms. The summed E-state index contributed by atoms with van der Waals surface area (Å²) in [6.07, 6.45) is 1.22. The molecule has 2 aromatic carbocycles. The van der Waals surface area contributed by atoms with E-state index in [1.165, 1.54) is 0 Å². The van der Waals surface area contributed by atoms with Crippen molar-refractivity contribution in [2.75, 3.05) is 43.1 Å². The minimum absolute atomic E-state index is 0.252. The molecule has 5 rings (SSSR count). The number of anilines is 2. The van der Waals surface area contributed by atoms with Gasteiger partial charge >= 0.3 is 5.97 Å². The molecule has 1 N–H and O–H groups in total. The SMILES string of the molecule is O=C(COC(=O)C1CCN(c2nc3ccccc3o2)CC1)Nc1ccc2c(c1)OCCO2. The number of nitrogens with zero attached hydrogens (tertiary/aromatic N) is 2. The predicted octanol–water partition coefficient (Wildman–Crippen LogP) is 3.00. The molecule has 1 fully saturated rings. The van der Waals surface area contributed by atoms with Gasteiger partial charge in [-0.25, -0.2) is 0 Å². The number of hydrogen-bond donors (Lipinski definition) is 1. The van der Waals surface area contributed by atoms with Crippen molar-refractivity contribution in [1.29, 1.82) is 0 Å². The zero-order valence-electron chi connectivity index (χ0n) is 17.4. The van der Waals surface area contributed by atoms with E-state index in [1.807, 2.05) is 29.2 Å². The number of carbonyl (C=O) groups excluding carboxylic acids is 2. The number of oxazole rings is 1. The van der Waals surface area contributed by atoms with E-state index in [9.17, 15) is 9.59 Å². The van der Waals surface area contributed by atoms with Crippen LogP contribution in [0, 0.1) is 5.92 Å². The Morgan fingerprint density at radius 1 is 1.06 bits per heavy atom. The van der Waals surface area contributed by atoms with Crippen molar-refractivity contribution in [3.63, 3.8) is 0 Å². The zero-order valence-corrected chi connectivity index (χ0v) is 17.4. The Kier molecular flexibility index (Phi) is 5.53. The third-order valence-corrected chi connectivity index (χ3v) is 5.55. The van der Waals surface area contributed by atoms with Gasteiger partial charge in [0.25, 0.3) is 11.9 Å². The maximum absolute atomic E-state index is 12.4. The summed E-state index contributed by atoms with van der Waals surface area (Å²) < 4.78 is 22.0. The summed E-state index contributed by atoms with van der Waals surface area (Å²) in [6, 6.07) is 13.3. The molecular formula is C23H23N3O6. The van der Waals surface area contributed by atoms with E-state index >= 15 is 0 Å². The zero-order chi connectivity index (χ0) is 21.9. The molecule has 1 saturated heterocycles. The van der Waals surface area contributed by atoms with Crippen LogP contribution in [0.15, 0.2) is 46.9 Å². The van der Waals surface area contributed by atoms with Crippen LogP contribution >= 0.6 is 0 Å². The number of esters is 1. The van der Waals surface area contributed by atoms with Gasteiger partial charge in [-0.05, 0) is 37.1 Å². The van der Waals surface area contributed by atoms with Crippen LogP contribution in [0.25, 0.3) is 11.1 Å². The van der Waals surface area contributed by atoms with Gasteiger partial charge in [0.2, 0.25) is 0 Å². The van der Waals surface area contributed by atoms with Gasteiger partial charge in [-0.3, -0.25) is 9.59 Å². The second-order valence-corrected chi connectivity index (χ2v) is 7.74. The van der Waals surface area contributed by atoms with E-state index in [0.29, 0.717) is 62.3 Å². The van der Waals surface area contributed by atoms with Crippen LogP contribution in [0.3, 0.4) is 0 Å². The van der Waals surface area contributed by atoms with Gasteiger partial charge in [0.1, 0.15) is 18.7 Å². The summed E-state index contributed by atoms with van der Waals surface area (Å²) in [7, 11) is 0. The van der Waals surface area contributed by atoms with Crippen molar-refractivity contribution in [1.82, 2.24) is 4.98 Å². The maximum atomic E-state index is 12.4. The van der Waals surface area contributed by atoms with Crippen LogP contribution in [0.5, 0.6) is 11.5 Å². The van der Waals surface area contributed by atoms with Gasteiger partial charge in [-0.1, -0.05) is 12.1 Å². The Bertz CT molecular complexity index is 1100. The third kappa shape index (κ3) is 4.32. The Morgan fingerprint density at radius 3 is 2.66 bits per heavy atom. The molecule has 0 radical (unpaired) electrons. The summed E-state index contributed by atoms with van der Waals surface area (Å²) in [5.74, 6) is 0.206. The first-order valence-corrected chi connectivity index (χ1v) is 10.6. The fraction of sp³-hybridized carbons (Fsp3) is 0.348. The normalized spacial score (nSPS) is 16.1.